The van der Waals surface area contributed by atoms with Crippen LogP contribution in [0.25, 0.3) is 0 Å². The SMILES string of the molecule is N#Cc1cccc(C(=O)N2CCN([C@@H]3CCCN(CC(F)(F)F)C3=O)CC2)c1. The van der Waals surface area contributed by atoms with E-state index in [1.54, 1.807) is 23.1 Å². The normalized spacial score (nSPS) is 21.5. The molecule has 0 unspecified atom stereocenters. The van der Waals surface area contributed by atoms with E-state index in [1.165, 1.54) is 6.07 Å². The van der Waals surface area contributed by atoms with Crippen molar-refractivity contribution in [3.05, 3.63) is 35.4 Å². The smallest absolute Gasteiger partial charge is 0.336 e. The lowest BCUT2D eigenvalue weighted by molar-refractivity contribution is -0.168. The number of carbonyl (C=O) groups is 2. The molecule has 2 aliphatic rings. The van der Waals surface area contributed by atoms with Crippen LogP contribution in [0.4, 0.5) is 13.2 Å². The van der Waals surface area contributed by atoms with Crippen molar-refractivity contribution in [2.24, 2.45) is 0 Å². The third-order valence-corrected chi connectivity index (χ3v) is 5.15. The van der Waals surface area contributed by atoms with Crippen molar-refractivity contribution in [1.29, 1.82) is 5.26 Å². The summed E-state index contributed by atoms with van der Waals surface area (Å²) in [6, 6.07) is 7.90. The molecule has 2 aliphatic heterocycles. The molecule has 1 aromatic carbocycles. The number of benzene rings is 1. The lowest BCUT2D eigenvalue weighted by Gasteiger charge is -2.42. The van der Waals surface area contributed by atoms with Gasteiger partial charge in [-0.05, 0) is 31.0 Å². The van der Waals surface area contributed by atoms with Crippen molar-refractivity contribution < 1.29 is 22.8 Å². The van der Waals surface area contributed by atoms with Gasteiger partial charge in [0, 0.05) is 38.3 Å². The first-order valence-corrected chi connectivity index (χ1v) is 9.17. The minimum atomic E-state index is -4.40. The van der Waals surface area contributed by atoms with Gasteiger partial charge >= 0.3 is 6.18 Å². The number of amides is 2. The highest BCUT2D eigenvalue weighted by molar-refractivity contribution is 5.94. The molecule has 0 bridgehead atoms. The summed E-state index contributed by atoms with van der Waals surface area (Å²) >= 11 is 0. The van der Waals surface area contributed by atoms with Crippen LogP contribution in [-0.2, 0) is 4.79 Å². The molecule has 9 heteroatoms. The second kappa shape index (κ2) is 8.19. The van der Waals surface area contributed by atoms with Crippen molar-refractivity contribution in [2.45, 2.75) is 25.1 Å². The minimum Gasteiger partial charge on any atom is -0.336 e. The van der Waals surface area contributed by atoms with Gasteiger partial charge in [-0.2, -0.15) is 18.4 Å². The van der Waals surface area contributed by atoms with Crippen LogP contribution >= 0.6 is 0 Å². The number of piperazine rings is 1. The first-order chi connectivity index (χ1) is 13.3. The van der Waals surface area contributed by atoms with Gasteiger partial charge in [0.05, 0.1) is 17.7 Å². The number of likely N-dealkylation sites (tertiary alicyclic amines) is 1. The summed E-state index contributed by atoms with van der Waals surface area (Å²) < 4.78 is 38.0. The van der Waals surface area contributed by atoms with Gasteiger partial charge in [-0.1, -0.05) is 6.07 Å². The lowest BCUT2D eigenvalue weighted by Crippen LogP contribution is -2.59. The maximum absolute atomic E-state index is 12.7. The molecular weight excluding hydrogens is 373 g/mol. The fraction of sp³-hybridized carbons (Fsp3) is 0.526. The monoisotopic (exact) mass is 394 g/mol. The molecule has 1 aromatic rings. The van der Waals surface area contributed by atoms with E-state index in [9.17, 15) is 22.8 Å². The number of alkyl halides is 3. The average Bonchev–Trinajstić information content (AvgIpc) is 2.68. The predicted octanol–water partition coefficient (Wildman–Crippen LogP) is 1.87. The zero-order valence-corrected chi connectivity index (χ0v) is 15.3. The van der Waals surface area contributed by atoms with Gasteiger partial charge in [0.15, 0.2) is 0 Å². The molecule has 1 atom stereocenters. The Balaban J connectivity index is 1.59. The Kier molecular flexibility index (Phi) is 5.89. The quantitative estimate of drug-likeness (QED) is 0.785. The van der Waals surface area contributed by atoms with Crippen molar-refractivity contribution in [1.82, 2.24) is 14.7 Å². The van der Waals surface area contributed by atoms with E-state index in [-0.39, 0.29) is 12.5 Å². The highest BCUT2D eigenvalue weighted by atomic mass is 19.4. The van der Waals surface area contributed by atoms with Crippen LogP contribution in [0.5, 0.6) is 0 Å². The standard InChI is InChI=1S/C19H21F3N4O2/c20-19(21,22)13-26-6-2-5-16(18(26)28)24-7-9-25(10-8-24)17(27)15-4-1-3-14(11-15)12-23/h1,3-4,11,16H,2,5-10,13H2/t16-/m1/s1. The summed E-state index contributed by atoms with van der Waals surface area (Å²) in [6.45, 7) is 0.551. The van der Waals surface area contributed by atoms with Gasteiger partial charge in [-0.15, -0.1) is 0 Å². The largest absolute Gasteiger partial charge is 0.406 e. The molecule has 2 saturated heterocycles. The van der Waals surface area contributed by atoms with E-state index in [4.69, 9.17) is 5.26 Å². The molecular formula is C19H21F3N4O2. The zero-order valence-electron chi connectivity index (χ0n) is 15.3. The minimum absolute atomic E-state index is 0.128. The van der Waals surface area contributed by atoms with E-state index in [2.05, 4.69) is 0 Å². The Morgan fingerprint density at radius 1 is 1.18 bits per heavy atom. The maximum Gasteiger partial charge on any atom is 0.406 e. The Hall–Kier alpha value is -2.60. The number of rotatable bonds is 3. The topological polar surface area (TPSA) is 67.7 Å². The molecule has 6 nitrogen and oxygen atoms in total. The summed E-state index contributed by atoms with van der Waals surface area (Å²) in [6.07, 6.45) is -3.33. The van der Waals surface area contributed by atoms with Gasteiger partial charge in [-0.3, -0.25) is 14.5 Å². The van der Waals surface area contributed by atoms with Crippen LogP contribution < -0.4 is 0 Å². The summed E-state index contributed by atoms with van der Waals surface area (Å²) in [5.41, 5.74) is 0.833. The van der Waals surface area contributed by atoms with Gasteiger partial charge in [0.25, 0.3) is 5.91 Å². The predicted molar refractivity (Wildman–Crippen MR) is 94.3 cm³/mol. The molecule has 0 aromatic heterocycles. The van der Waals surface area contributed by atoms with E-state index in [1.807, 2.05) is 11.0 Å². The first kappa shape index (κ1) is 20.1. The summed E-state index contributed by atoms with van der Waals surface area (Å²) in [7, 11) is 0. The van der Waals surface area contributed by atoms with Crippen molar-refractivity contribution in [2.75, 3.05) is 39.3 Å². The Morgan fingerprint density at radius 3 is 2.54 bits per heavy atom. The maximum atomic E-state index is 12.7. The molecule has 0 N–H and O–H groups in total. The van der Waals surface area contributed by atoms with Crippen molar-refractivity contribution >= 4 is 11.8 Å². The van der Waals surface area contributed by atoms with Crippen LogP contribution in [0.2, 0.25) is 0 Å². The van der Waals surface area contributed by atoms with Crippen LogP contribution in [0.3, 0.4) is 0 Å². The fourth-order valence-corrected chi connectivity index (χ4v) is 3.77. The highest BCUT2D eigenvalue weighted by Gasteiger charge is 2.40. The number of hydrogen-bond donors (Lipinski definition) is 0. The number of piperidine rings is 1. The molecule has 2 heterocycles. The molecule has 0 spiro atoms. The molecule has 0 saturated carbocycles. The van der Waals surface area contributed by atoms with Crippen LogP contribution in [-0.4, -0.2) is 78.0 Å². The Morgan fingerprint density at radius 2 is 1.89 bits per heavy atom. The van der Waals surface area contributed by atoms with Gasteiger partial charge in [-0.25, -0.2) is 0 Å². The number of carbonyl (C=O) groups excluding carboxylic acids is 2. The first-order valence-electron chi connectivity index (χ1n) is 9.17. The van der Waals surface area contributed by atoms with Crippen molar-refractivity contribution in [3.63, 3.8) is 0 Å². The van der Waals surface area contributed by atoms with E-state index < -0.39 is 24.7 Å². The molecule has 3 rings (SSSR count). The number of nitrogens with zero attached hydrogens (tertiary/aromatic N) is 4. The summed E-state index contributed by atoms with van der Waals surface area (Å²) in [5, 5.41) is 8.96. The van der Waals surface area contributed by atoms with Gasteiger partial charge in [0.1, 0.15) is 6.54 Å². The molecule has 0 radical (unpaired) electrons. The summed E-state index contributed by atoms with van der Waals surface area (Å²) in [5.74, 6) is -0.671. The van der Waals surface area contributed by atoms with Crippen LogP contribution in [0.1, 0.15) is 28.8 Å². The van der Waals surface area contributed by atoms with E-state index >= 15 is 0 Å². The number of hydrogen-bond acceptors (Lipinski definition) is 4. The summed E-state index contributed by atoms with van der Waals surface area (Å²) in [4.78, 5) is 29.5. The lowest BCUT2D eigenvalue weighted by atomic mass is 10.0. The van der Waals surface area contributed by atoms with Crippen molar-refractivity contribution in [3.8, 4) is 6.07 Å². The second-order valence-corrected chi connectivity index (χ2v) is 7.05. The highest BCUT2D eigenvalue weighted by Crippen LogP contribution is 2.24. The van der Waals surface area contributed by atoms with E-state index in [0.29, 0.717) is 50.1 Å². The zero-order chi connectivity index (χ0) is 20.3. The second-order valence-electron chi connectivity index (χ2n) is 7.05. The number of nitriles is 1. The third kappa shape index (κ3) is 4.62. The molecule has 0 aliphatic carbocycles. The fourth-order valence-electron chi connectivity index (χ4n) is 3.77. The van der Waals surface area contributed by atoms with E-state index in [0.717, 1.165) is 4.90 Å². The van der Waals surface area contributed by atoms with Crippen LogP contribution in [0.15, 0.2) is 24.3 Å². The van der Waals surface area contributed by atoms with Crippen LogP contribution in [0, 0.1) is 11.3 Å². The average molecular weight is 394 g/mol. The Bertz CT molecular complexity index is 782. The molecule has 2 amide bonds. The number of halogens is 3. The van der Waals surface area contributed by atoms with Gasteiger partial charge in [0.2, 0.25) is 5.91 Å². The Labute approximate surface area is 161 Å². The molecule has 2 fully saturated rings. The third-order valence-electron chi connectivity index (χ3n) is 5.15. The van der Waals surface area contributed by atoms with Gasteiger partial charge < -0.3 is 9.80 Å². The molecule has 28 heavy (non-hydrogen) atoms. The molecule has 150 valence electrons.